The molecule has 0 atom stereocenters. The van der Waals surface area contributed by atoms with E-state index in [2.05, 4.69) is 6.07 Å². The van der Waals surface area contributed by atoms with Crippen molar-refractivity contribution >= 4 is 11.6 Å². The van der Waals surface area contributed by atoms with Crippen LogP contribution >= 0.6 is 11.6 Å². The van der Waals surface area contributed by atoms with Crippen LogP contribution in [-0.2, 0) is 5.41 Å². The monoisotopic (exact) mass is 235 g/mol. The van der Waals surface area contributed by atoms with E-state index in [4.69, 9.17) is 16.3 Å². The molecule has 1 aliphatic carbocycles. The number of halogens is 1. The fraction of sp³-hybridized carbons (Fsp3) is 0.462. The molecule has 2 nitrogen and oxygen atoms in total. The fourth-order valence-corrected chi connectivity index (χ4v) is 2.61. The molecule has 0 aromatic heterocycles. The molecule has 16 heavy (non-hydrogen) atoms. The van der Waals surface area contributed by atoms with Crippen LogP contribution < -0.4 is 4.74 Å². The molecule has 0 spiro atoms. The van der Waals surface area contributed by atoms with Crippen LogP contribution in [0.4, 0.5) is 0 Å². The maximum atomic E-state index is 9.30. The lowest BCUT2D eigenvalue weighted by atomic mass is 9.65. The lowest BCUT2D eigenvalue weighted by Crippen LogP contribution is -2.32. The molecule has 0 unspecified atom stereocenters. The third-order valence-corrected chi connectivity index (χ3v) is 3.73. The number of benzene rings is 1. The Morgan fingerprint density at radius 2 is 2.12 bits per heavy atom. The summed E-state index contributed by atoms with van der Waals surface area (Å²) < 4.78 is 5.28. The van der Waals surface area contributed by atoms with Crippen LogP contribution in [0.3, 0.4) is 0 Å². The van der Waals surface area contributed by atoms with Crippen LogP contribution in [0.25, 0.3) is 0 Å². The van der Waals surface area contributed by atoms with Gasteiger partial charge in [-0.15, -0.1) is 0 Å². The summed E-state index contributed by atoms with van der Waals surface area (Å²) in [6, 6.07) is 6.20. The highest BCUT2D eigenvalue weighted by molar-refractivity contribution is 6.31. The molecule has 1 aromatic rings. The highest BCUT2D eigenvalue weighted by atomic mass is 35.5. The van der Waals surface area contributed by atoms with E-state index >= 15 is 0 Å². The van der Waals surface area contributed by atoms with E-state index in [-0.39, 0.29) is 5.41 Å². The predicted octanol–water partition coefficient (Wildman–Crippen LogP) is 3.60. The van der Waals surface area contributed by atoms with Crippen molar-refractivity contribution in [1.82, 2.24) is 0 Å². The third kappa shape index (κ3) is 1.56. The molecular weight excluding hydrogens is 222 g/mol. The summed E-state index contributed by atoms with van der Waals surface area (Å²) in [6.45, 7) is 1.95. The number of hydrogen-bond acceptors (Lipinski definition) is 2. The van der Waals surface area contributed by atoms with Gasteiger partial charge in [0.1, 0.15) is 5.75 Å². The number of rotatable bonds is 2. The smallest absolute Gasteiger partial charge is 0.122 e. The van der Waals surface area contributed by atoms with Crippen molar-refractivity contribution in [3.8, 4) is 11.8 Å². The molecule has 1 fully saturated rings. The zero-order chi connectivity index (χ0) is 11.8. The SMILES string of the molecule is COc1cc(C2(C#N)CCC2)c(Cl)cc1C. The van der Waals surface area contributed by atoms with Gasteiger partial charge in [0.05, 0.1) is 18.6 Å². The first-order chi connectivity index (χ1) is 7.63. The average Bonchev–Trinajstić information content (AvgIpc) is 2.20. The zero-order valence-corrected chi connectivity index (χ0v) is 10.3. The normalized spacial score (nSPS) is 17.4. The van der Waals surface area contributed by atoms with Crippen LogP contribution in [0.15, 0.2) is 12.1 Å². The largest absolute Gasteiger partial charge is 0.496 e. The summed E-state index contributed by atoms with van der Waals surface area (Å²) in [6.07, 6.45) is 2.89. The topological polar surface area (TPSA) is 33.0 Å². The average molecular weight is 236 g/mol. The minimum atomic E-state index is -0.377. The van der Waals surface area contributed by atoms with E-state index in [0.717, 1.165) is 36.1 Å². The van der Waals surface area contributed by atoms with Gasteiger partial charge >= 0.3 is 0 Å². The minimum absolute atomic E-state index is 0.377. The molecule has 1 aromatic carbocycles. The van der Waals surface area contributed by atoms with Crippen molar-refractivity contribution < 1.29 is 4.74 Å². The summed E-state index contributed by atoms with van der Waals surface area (Å²) in [5.74, 6) is 0.806. The molecular formula is C13H14ClNO. The summed E-state index contributed by atoms with van der Waals surface area (Å²) in [5.41, 5.74) is 1.55. The maximum absolute atomic E-state index is 9.30. The van der Waals surface area contributed by atoms with Crippen LogP contribution in [0.1, 0.15) is 30.4 Å². The minimum Gasteiger partial charge on any atom is -0.496 e. The van der Waals surface area contributed by atoms with Gasteiger partial charge in [-0.25, -0.2) is 0 Å². The van der Waals surface area contributed by atoms with Gasteiger partial charge in [-0.1, -0.05) is 11.6 Å². The van der Waals surface area contributed by atoms with E-state index < -0.39 is 0 Å². The first-order valence-electron chi connectivity index (χ1n) is 5.39. The number of ether oxygens (including phenoxy) is 1. The van der Waals surface area contributed by atoms with Gasteiger partial charge in [-0.2, -0.15) is 5.26 Å². The Morgan fingerprint density at radius 3 is 2.56 bits per heavy atom. The maximum Gasteiger partial charge on any atom is 0.122 e. The molecule has 0 radical (unpaired) electrons. The first-order valence-corrected chi connectivity index (χ1v) is 5.76. The van der Waals surface area contributed by atoms with Gasteiger partial charge in [-0.05, 0) is 49.4 Å². The number of hydrogen-bond donors (Lipinski definition) is 0. The molecule has 3 heteroatoms. The molecule has 1 aliphatic rings. The second kappa shape index (κ2) is 3.99. The number of methoxy groups -OCH3 is 1. The van der Waals surface area contributed by atoms with E-state index in [9.17, 15) is 5.26 Å². The van der Waals surface area contributed by atoms with Gasteiger partial charge in [0.2, 0.25) is 0 Å². The van der Waals surface area contributed by atoms with Gasteiger partial charge in [0.25, 0.3) is 0 Å². The van der Waals surface area contributed by atoms with Gasteiger partial charge < -0.3 is 4.74 Å². The molecule has 84 valence electrons. The highest BCUT2D eigenvalue weighted by Crippen LogP contribution is 2.47. The molecule has 0 N–H and O–H groups in total. The Morgan fingerprint density at radius 1 is 1.44 bits per heavy atom. The van der Waals surface area contributed by atoms with Crippen LogP contribution in [0.5, 0.6) is 5.75 Å². The molecule has 0 heterocycles. The van der Waals surface area contributed by atoms with Crippen molar-refractivity contribution in [1.29, 1.82) is 5.26 Å². The van der Waals surface area contributed by atoms with Crippen molar-refractivity contribution in [2.75, 3.05) is 7.11 Å². The van der Waals surface area contributed by atoms with Crippen molar-refractivity contribution in [2.24, 2.45) is 0 Å². The van der Waals surface area contributed by atoms with Gasteiger partial charge in [0, 0.05) is 5.02 Å². The van der Waals surface area contributed by atoms with E-state index in [1.807, 2.05) is 19.1 Å². The Kier molecular flexibility index (Phi) is 2.82. The molecule has 0 saturated heterocycles. The number of nitriles is 1. The van der Waals surface area contributed by atoms with Crippen LogP contribution in [0.2, 0.25) is 5.02 Å². The second-order valence-corrected chi connectivity index (χ2v) is 4.76. The summed E-state index contributed by atoms with van der Waals surface area (Å²) in [7, 11) is 1.64. The van der Waals surface area contributed by atoms with Gasteiger partial charge in [0.15, 0.2) is 0 Å². The summed E-state index contributed by atoms with van der Waals surface area (Å²) in [4.78, 5) is 0. The summed E-state index contributed by atoms with van der Waals surface area (Å²) >= 11 is 6.23. The van der Waals surface area contributed by atoms with Crippen LogP contribution in [0, 0.1) is 18.3 Å². The Hall–Kier alpha value is -1.20. The number of aryl methyl sites for hydroxylation is 1. The van der Waals surface area contributed by atoms with Crippen molar-refractivity contribution in [2.45, 2.75) is 31.6 Å². The Labute approximate surface area is 101 Å². The second-order valence-electron chi connectivity index (χ2n) is 4.35. The molecule has 0 amide bonds. The molecule has 0 aliphatic heterocycles. The van der Waals surface area contributed by atoms with Crippen LogP contribution in [-0.4, -0.2) is 7.11 Å². The standard InChI is InChI=1S/C13H14ClNO/c1-9-6-11(14)10(7-12(9)16-2)13(8-15)4-3-5-13/h6-7H,3-5H2,1-2H3. The number of nitrogens with zero attached hydrogens (tertiary/aromatic N) is 1. The third-order valence-electron chi connectivity index (χ3n) is 3.42. The van der Waals surface area contributed by atoms with Crippen molar-refractivity contribution in [3.05, 3.63) is 28.3 Å². The van der Waals surface area contributed by atoms with E-state index in [1.54, 1.807) is 7.11 Å². The lowest BCUT2D eigenvalue weighted by Gasteiger charge is -2.36. The van der Waals surface area contributed by atoms with E-state index in [0.29, 0.717) is 5.02 Å². The lowest BCUT2D eigenvalue weighted by molar-refractivity contribution is 0.322. The van der Waals surface area contributed by atoms with Gasteiger partial charge in [-0.3, -0.25) is 0 Å². The van der Waals surface area contributed by atoms with E-state index in [1.165, 1.54) is 0 Å². The Bertz CT molecular complexity index is 458. The highest BCUT2D eigenvalue weighted by Gasteiger charge is 2.40. The quantitative estimate of drug-likeness (QED) is 0.785. The predicted molar refractivity (Wildman–Crippen MR) is 63.9 cm³/mol. The fourth-order valence-electron chi connectivity index (χ4n) is 2.21. The molecule has 2 rings (SSSR count). The molecule has 1 saturated carbocycles. The summed E-state index contributed by atoms with van der Waals surface area (Å²) in [5, 5.41) is 9.98. The van der Waals surface area contributed by atoms with Crippen molar-refractivity contribution in [3.63, 3.8) is 0 Å². The molecule has 0 bridgehead atoms. The first kappa shape index (κ1) is 11.3. The zero-order valence-electron chi connectivity index (χ0n) is 9.51. The Balaban J connectivity index is 2.53.